The summed E-state index contributed by atoms with van der Waals surface area (Å²) in [5.41, 5.74) is 0.745. The minimum atomic E-state index is -0.600. The number of esters is 1. The molecule has 0 bridgehead atoms. The van der Waals surface area contributed by atoms with Crippen LogP contribution in [-0.2, 0) is 14.3 Å². The molecule has 1 aliphatic rings. The first-order chi connectivity index (χ1) is 13.3. The fourth-order valence-corrected chi connectivity index (χ4v) is 5.14. The number of nitrogens with zero attached hydrogens (tertiary/aromatic N) is 1. The molecule has 0 spiro atoms. The van der Waals surface area contributed by atoms with Gasteiger partial charge in [-0.15, -0.1) is 6.42 Å². The van der Waals surface area contributed by atoms with Gasteiger partial charge in [0.2, 0.25) is 0 Å². The number of imide groups is 1. The number of thioether (sulfide) groups is 1. The molecule has 1 heterocycles. The van der Waals surface area contributed by atoms with Gasteiger partial charge in [-0.25, -0.2) is 0 Å². The molecule has 0 N–H and O–H groups in total. The van der Waals surface area contributed by atoms with Gasteiger partial charge in [-0.1, -0.05) is 12.8 Å². The maximum atomic E-state index is 12.5. The Labute approximate surface area is 195 Å². The topological polar surface area (TPSA) is 72.9 Å². The summed E-state index contributed by atoms with van der Waals surface area (Å²) in [5, 5.41) is -0.490. The molecule has 2 amide bonds. The molecule has 0 radical (unpaired) electrons. The van der Waals surface area contributed by atoms with Crippen molar-refractivity contribution in [3.8, 4) is 18.1 Å². The molecule has 148 valence electrons. The Kier molecular flexibility index (Phi) is 8.63. The van der Waals surface area contributed by atoms with E-state index in [2.05, 4.69) is 51.1 Å². The Morgan fingerprint density at radius 1 is 1.36 bits per heavy atom. The van der Waals surface area contributed by atoms with Gasteiger partial charge in [0.25, 0.3) is 11.1 Å². The lowest BCUT2D eigenvalue weighted by Crippen LogP contribution is -2.35. The zero-order valence-electron chi connectivity index (χ0n) is 15.2. The van der Waals surface area contributed by atoms with Crippen LogP contribution < -0.4 is 4.74 Å². The number of benzene rings is 1. The molecule has 1 fully saturated rings. The predicted molar refractivity (Wildman–Crippen MR) is 125 cm³/mol. The summed E-state index contributed by atoms with van der Waals surface area (Å²) in [6, 6.07) is 3.67. The lowest BCUT2D eigenvalue weighted by molar-refractivity contribution is -0.150. The van der Waals surface area contributed by atoms with Crippen LogP contribution in [0.1, 0.15) is 25.8 Å². The number of hydrogen-bond donors (Lipinski definition) is 0. The SMILES string of the molecule is C#CCOc1c(I)cc(/C=C2\SC(=O)N(CC(=O)O[C@H](C)CC)C2=O)cc1I. The summed E-state index contributed by atoms with van der Waals surface area (Å²) < 4.78 is 12.3. The first-order valence-electron chi connectivity index (χ1n) is 8.27. The monoisotopic (exact) mass is 625 g/mol. The number of carbonyl (C=O) groups is 3. The van der Waals surface area contributed by atoms with Crippen LogP contribution in [0.15, 0.2) is 17.0 Å². The summed E-state index contributed by atoms with van der Waals surface area (Å²) >= 11 is 5.05. The summed E-state index contributed by atoms with van der Waals surface area (Å²) in [7, 11) is 0. The van der Waals surface area contributed by atoms with Gasteiger partial charge < -0.3 is 9.47 Å². The van der Waals surface area contributed by atoms with E-state index < -0.39 is 17.1 Å². The van der Waals surface area contributed by atoms with E-state index >= 15 is 0 Å². The number of hydrogen-bond acceptors (Lipinski definition) is 6. The van der Waals surface area contributed by atoms with Gasteiger partial charge >= 0.3 is 5.97 Å². The van der Waals surface area contributed by atoms with E-state index in [-0.39, 0.29) is 24.2 Å². The Hall–Kier alpha value is -1.26. The molecule has 9 heteroatoms. The Morgan fingerprint density at radius 2 is 2.00 bits per heavy atom. The molecule has 6 nitrogen and oxygen atoms in total. The maximum absolute atomic E-state index is 12.5. The van der Waals surface area contributed by atoms with Gasteiger partial charge in [0, 0.05) is 0 Å². The third kappa shape index (κ3) is 5.87. The lowest BCUT2D eigenvalue weighted by atomic mass is 10.2. The average molecular weight is 625 g/mol. The molecular formula is C19H17I2NO5S. The van der Waals surface area contributed by atoms with Crippen LogP contribution in [0.4, 0.5) is 4.79 Å². The highest BCUT2D eigenvalue weighted by Gasteiger charge is 2.36. The number of ether oxygens (including phenoxy) is 2. The first kappa shape index (κ1) is 23.0. The number of terminal acetylenes is 1. The van der Waals surface area contributed by atoms with Gasteiger partial charge in [-0.3, -0.25) is 19.3 Å². The third-order valence-corrected chi connectivity index (χ3v) is 6.20. The van der Waals surface area contributed by atoms with Crippen molar-refractivity contribution in [2.45, 2.75) is 26.4 Å². The average Bonchev–Trinajstić information content (AvgIpc) is 2.88. The summed E-state index contributed by atoms with van der Waals surface area (Å²) in [6.45, 7) is 3.41. The normalized spacial score (nSPS) is 16.2. The second-order valence-electron chi connectivity index (χ2n) is 5.78. The van der Waals surface area contributed by atoms with Gasteiger partial charge in [0.15, 0.2) is 0 Å². The summed E-state index contributed by atoms with van der Waals surface area (Å²) in [5.74, 6) is 1.99. The molecule has 1 aromatic carbocycles. The van der Waals surface area contributed by atoms with Crippen LogP contribution in [0.5, 0.6) is 5.75 Å². The summed E-state index contributed by atoms with van der Waals surface area (Å²) in [4.78, 5) is 37.8. The standard InChI is InChI=1S/C19H17I2NO5S/c1-4-6-26-17-13(20)7-12(8-14(17)21)9-15-18(24)22(19(25)28-15)10-16(23)27-11(3)5-2/h1,7-9,11H,5-6,10H2,2-3H3/b15-9-/t11-/m1/s1. The Balaban J connectivity index is 2.17. The van der Waals surface area contributed by atoms with Crippen LogP contribution in [0.2, 0.25) is 0 Å². The fourth-order valence-electron chi connectivity index (χ4n) is 2.18. The third-order valence-electron chi connectivity index (χ3n) is 3.69. The second kappa shape index (κ2) is 10.5. The number of rotatable bonds is 7. The van der Waals surface area contributed by atoms with Gasteiger partial charge in [0.1, 0.15) is 18.9 Å². The van der Waals surface area contributed by atoms with Crippen molar-refractivity contribution in [2.24, 2.45) is 0 Å². The quantitative estimate of drug-likeness (QED) is 0.195. The molecule has 1 aromatic rings. The van der Waals surface area contributed by atoms with E-state index in [0.717, 1.165) is 29.4 Å². The smallest absolute Gasteiger partial charge is 0.326 e. The van der Waals surface area contributed by atoms with Crippen molar-refractivity contribution in [3.05, 3.63) is 29.7 Å². The number of halogens is 2. The van der Waals surface area contributed by atoms with E-state index in [1.807, 2.05) is 19.1 Å². The summed E-state index contributed by atoms with van der Waals surface area (Å²) in [6.07, 6.45) is 7.25. The van der Waals surface area contributed by atoms with Crippen molar-refractivity contribution < 1.29 is 23.9 Å². The molecule has 0 saturated carbocycles. The van der Waals surface area contributed by atoms with Crippen LogP contribution in [0.3, 0.4) is 0 Å². The minimum absolute atomic E-state index is 0.164. The zero-order chi connectivity index (χ0) is 20.8. The van der Waals surface area contributed by atoms with E-state index in [1.54, 1.807) is 13.0 Å². The Bertz CT molecular complexity index is 855. The van der Waals surface area contributed by atoms with Crippen molar-refractivity contribution in [3.63, 3.8) is 0 Å². The molecule has 0 unspecified atom stereocenters. The highest BCUT2D eigenvalue weighted by atomic mass is 127. The van der Waals surface area contributed by atoms with Crippen LogP contribution in [0.25, 0.3) is 6.08 Å². The van der Waals surface area contributed by atoms with E-state index in [4.69, 9.17) is 15.9 Å². The largest absolute Gasteiger partial charge is 0.479 e. The van der Waals surface area contributed by atoms with Crippen LogP contribution in [-0.4, -0.2) is 41.3 Å². The predicted octanol–water partition coefficient (Wildman–Crippen LogP) is 4.29. The number of amides is 2. The zero-order valence-corrected chi connectivity index (χ0v) is 20.3. The number of carbonyl (C=O) groups excluding carboxylic acids is 3. The van der Waals surface area contributed by atoms with E-state index in [0.29, 0.717) is 12.2 Å². The lowest BCUT2D eigenvalue weighted by Gasteiger charge is -2.14. The van der Waals surface area contributed by atoms with Gasteiger partial charge in [-0.2, -0.15) is 0 Å². The van der Waals surface area contributed by atoms with E-state index in [1.165, 1.54) is 0 Å². The molecule has 0 aromatic heterocycles. The van der Waals surface area contributed by atoms with Crippen molar-refractivity contribution in [1.82, 2.24) is 4.90 Å². The minimum Gasteiger partial charge on any atom is -0.479 e. The molecule has 28 heavy (non-hydrogen) atoms. The van der Waals surface area contributed by atoms with Crippen molar-refractivity contribution >= 4 is 80.1 Å². The molecule has 0 aliphatic carbocycles. The van der Waals surface area contributed by atoms with Crippen LogP contribution >= 0.6 is 56.9 Å². The fraction of sp³-hybridized carbons (Fsp3) is 0.316. The molecular weight excluding hydrogens is 608 g/mol. The molecule has 2 rings (SSSR count). The maximum Gasteiger partial charge on any atom is 0.326 e. The van der Waals surface area contributed by atoms with Crippen LogP contribution in [0, 0.1) is 19.5 Å². The van der Waals surface area contributed by atoms with Crippen molar-refractivity contribution in [2.75, 3.05) is 13.2 Å². The molecule has 1 atom stereocenters. The first-order valence-corrected chi connectivity index (χ1v) is 11.2. The van der Waals surface area contributed by atoms with Crippen molar-refractivity contribution in [1.29, 1.82) is 0 Å². The van der Waals surface area contributed by atoms with E-state index in [9.17, 15) is 14.4 Å². The highest BCUT2D eigenvalue weighted by Crippen LogP contribution is 2.34. The van der Waals surface area contributed by atoms with Gasteiger partial charge in [-0.05, 0) is 94.1 Å². The highest BCUT2D eigenvalue weighted by molar-refractivity contribution is 14.1. The Morgan fingerprint density at radius 3 is 2.57 bits per heavy atom. The van der Waals surface area contributed by atoms with Gasteiger partial charge in [0.05, 0.1) is 18.1 Å². The molecule has 1 aliphatic heterocycles. The second-order valence-corrected chi connectivity index (χ2v) is 9.10. The molecule has 1 saturated heterocycles.